The molecular weight excluding hydrogens is 605 g/mol. The van der Waals surface area contributed by atoms with Gasteiger partial charge in [-0.1, -0.05) is 66.7 Å². The molecule has 0 radical (unpaired) electrons. The van der Waals surface area contributed by atoms with E-state index in [1.165, 1.54) is 0 Å². The topological polar surface area (TPSA) is 113 Å². The van der Waals surface area contributed by atoms with Crippen molar-refractivity contribution in [1.29, 1.82) is 15.8 Å². The third-order valence-electron chi connectivity index (χ3n) is 7.80. The SMILES string of the molecule is CN(CCO)c1ccc(/C=C/c2ccc(/C=C/C3=C(C#N)C(=C(C#N)C#N)OC3(C)c3ccccc3)s2)c(OCc2ccccc2)c1. The van der Waals surface area contributed by atoms with Gasteiger partial charge in [-0.25, -0.2) is 0 Å². The highest BCUT2D eigenvalue weighted by atomic mass is 32.1. The van der Waals surface area contributed by atoms with E-state index < -0.39 is 5.60 Å². The highest BCUT2D eigenvalue weighted by molar-refractivity contribution is 7.13. The second-order valence-corrected chi connectivity index (χ2v) is 12.0. The average Bonchev–Trinajstić information content (AvgIpc) is 3.68. The molecule has 4 aromatic rings. The van der Waals surface area contributed by atoms with Gasteiger partial charge in [0.15, 0.2) is 16.9 Å². The van der Waals surface area contributed by atoms with Gasteiger partial charge in [0.25, 0.3) is 0 Å². The summed E-state index contributed by atoms with van der Waals surface area (Å²) < 4.78 is 12.5. The first-order valence-corrected chi connectivity index (χ1v) is 15.7. The first-order valence-electron chi connectivity index (χ1n) is 14.9. The summed E-state index contributed by atoms with van der Waals surface area (Å²) in [6, 6.07) is 35.4. The Hall–Kier alpha value is -5.85. The number of aliphatic hydroxyl groups excluding tert-OH is 1. The lowest BCUT2D eigenvalue weighted by molar-refractivity contribution is 0.0755. The lowest BCUT2D eigenvalue weighted by Gasteiger charge is -2.27. The number of anilines is 1. The minimum atomic E-state index is -1.06. The number of ether oxygens (including phenoxy) is 2. The quantitative estimate of drug-likeness (QED) is 0.166. The number of nitrogens with zero attached hydrogens (tertiary/aromatic N) is 4. The molecule has 0 fully saturated rings. The Morgan fingerprint density at radius 2 is 1.55 bits per heavy atom. The van der Waals surface area contributed by atoms with Crippen LogP contribution in [0.1, 0.15) is 33.4 Å². The molecule has 1 atom stereocenters. The second kappa shape index (κ2) is 15.0. The van der Waals surface area contributed by atoms with Gasteiger partial charge in [0.1, 0.15) is 36.1 Å². The number of hydrogen-bond donors (Lipinski definition) is 1. The van der Waals surface area contributed by atoms with Gasteiger partial charge in [-0.15, -0.1) is 11.3 Å². The molecule has 0 amide bonds. The molecule has 0 saturated carbocycles. The third-order valence-corrected chi connectivity index (χ3v) is 8.82. The highest BCUT2D eigenvalue weighted by Crippen LogP contribution is 2.47. The largest absolute Gasteiger partial charge is 0.488 e. The van der Waals surface area contributed by atoms with Crippen molar-refractivity contribution in [3.8, 4) is 24.0 Å². The van der Waals surface area contributed by atoms with E-state index in [1.807, 2.05) is 146 Å². The van der Waals surface area contributed by atoms with Crippen LogP contribution in [0.5, 0.6) is 5.75 Å². The number of hydrogen-bond acceptors (Lipinski definition) is 8. The van der Waals surface area contributed by atoms with E-state index >= 15 is 0 Å². The van der Waals surface area contributed by atoms with Crippen molar-refractivity contribution < 1.29 is 14.6 Å². The molecule has 1 N–H and O–H groups in total. The maximum absolute atomic E-state index is 10.1. The average molecular weight is 637 g/mol. The van der Waals surface area contributed by atoms with E-state index in [4.69, 9.17) is 9.47 Å². The van der Waals surface area contributed by atoms with Crippen LogP contribution < -0.4 is 9.64 Å². The van der Waals surface area contributed by atoms with Crippen LogP contribution >= 0.6 is 11.3 Å². The molecule has 47 heavy (non-hydrogen) atoms. The fourth-order valence-corrected chi connectivity index (χ4v) is 6.04. The maximum Gasteiger partial charge on any atom is 0.172 e. The molecule has 0 aliphatic carbocycles. The molecule has 3 aromatic carbocycles. The molecule has 5 rings (SSSR count). The summed E-state index contributed by atoms with van der Waals surface area (Å²) >= 11 is 1.57. The predicted molar refractivity (Wildman–Crippen MR) is 186 cm³/mol. The zero-order valence-electron chi connectivity index (χ0n) is 26.1. The molecule has 0 bridgehead atoms. The predicted octanol–water partition coefficient (Wildman–Crippen LogP) is 8.01. The van der Waals surface area contributed by atoms with Gasteiger partial charge >= 0.3 is 0 Å². The summed E-state index contributed by atoms with van der Waals surface area (Å²) in [7, 11) is 1.93. The summed E-state index contributed by atoms with van der Waals surface area (Å²) in [6.45, 7) is 2.83. The molecule has 1 unspecified atom stereocenters. The smallest absolute Gasteiger partial charge is 0.172 e. The number of nitriles is 3. The van der Waals surface area contributed by atoms with E-state index in [0.717, 1.165) is 37.9 Å². The van der Waals surface area contributed by atoms with Crippen molar-refractivity contribution >= 4 is 35.3 Å². The van der Waals surface area contributed by atoms with E-state index in [-0.39, 0.29) is 23.5 Å². The summed E-state index contributed by atoms with van der Waals surface area (Å²) in [6.07, 6.45) is 7.80. The molecule has 8 heteroatoms. The van der Waals surface area contributed by atoms with Crippen LogP contribution in [0.4, 0.5) is 5.69 Å². The van der Waals surface area contributed by atoms with Gasteiger partial charge in [0.2, 0.25) is 0 Å². The number of rotatable bonds is 11. The zero-order chi connectivity index (χ0) is 33.2. The fourth-order valence-electron chi connectivity index (χ4n) is 5.22. The molecule has 1 aliphatic rings. The number of thiophene rings is 1. The monoisotopic (exact) mass is 636 g/mol. The Labute approximate surface area is 279 Å². The van der Waals surface area contributed by atoms with Crippen LogP contribution in [0.2, 0.25) is 0 Å². The molecular formula is C39H32N4O3S. The summed E-state index contributed by atoms with van der Waals surface area (Å²) in [5.41, 5.74) is 3.16. The molecule has 0 spiro atoms. The molecule has 7 nitrogen and oxygen atoms in total. The number of likely N-dealkylation sites (N-methyl/N-ethyl adjacent to an activating group) is 1. The molecule has 2 heterocycles. The third kappa shape index (κ3) is 7.35. The minimum absolute atomic E-state index is 0.00262. The Kier molecular flexibility index (Phi) is 10.4. The van der Waals surface area contributed by atoms with Gasteiger partial charge in [-0.2, -0.15) is 15.8 Å². The number of benzene rings is 3. The Morgan fingerprint density at radius 3 is 2.19 bits per heavy atom. The molecule has 0 saturated heterocycles. The summed E-state index contributed by atoms with van der Waals surface area (Å²) in [4.78, 5) is 3.94. The zero-order valence-corrected chi connectivity index (χ0v) is 26.9. The van der Waals surface area contributed by atoms with Gasteiger partial charge in [0.05, 0.1) is 6.61 Å². The number of aliphatic hydroxyl groups is 1. The van der Waals surface area contributed by atoms with E-state index in [0.29, 0.717) is 18.7 Å². The van der Waals surface area contributed by atoms with Crippen molar-refractivity contribution in [3.05, 3.63) is 146 Å². The molecule has 232 valence electrons. The van der Waals surface area contributed by atoms with Crippen LogP contribution in [-0.4, -0.2) is 25.3 Å². The molecule has 1 aromatic heterocycles. The van der Waals surface area contributed by atoms with Crippen LogP contribution in [0.3, 0.4) is 0 Å². The van der Waals surface area contributed by atoms with Crippen LogP contribution in [0.15, 0.2) is 120 Å². The minimum Gasteiger partial charge on any atom is -0.488 e. The first kappa shape index (κ1) is 32.5. The maximum atomic E-state index is 10.1. The number of allylic oxidation sites excluding steroid dienone is 2. The van der Waals surface area contributed by atoms with E-state index in [1.54, 1.807) is 11.3 Å². The van der Waals surface area contributed by atoms with Crippen molar-refractivity contribution in [1.82, 2.24) is 0 Å². The van der Waals surface area contributed by atoms with E-state index in [9.17, 15) is 20.9 Å². The fraction of sp³-hybridized carbons (Fsp3) is 0.154. The Balaban J connectivity index is 1.43. The van der Waals surface area contributed by atoms with Gasteiger partial charge in [-0.05, 0) is 60.5 Å². The van der Waals surface area contributed by atoms with Crippen molar-refractivity contribution in [3.63, 3.8) is 0 Å². The van der Waals surface area contributed by atoms with Gasteiger partial charge in [0, 0.05) is 46.2 Å². The van der Waals surface area contributed by atoms with Crippen LogP contribution in [-0.2, 0) is 16.9 Å². The normalized spacial score (nSPS) is 15.7. The first-order chi connectivity index (χ1) is 22.9. The van der Waals surface area contributed by atoms with Gasteiger partial charge in [-0.3, -0.25) is 0 Å². The van der Waals surface area contributed by atoms with E-state index in [2.05, 4.69) is 6.07 Å². The molecule has 1 aliphatic heterocycles. The van der Waals surface area contributed by atoms with Crippen molar-refractivity contribution in [2.24, 2.45) is 0 Å². The van der Waals surface area contributed by atoms with Crippen LogP contribution in [0.25, 0.3) is 18.2 Å². The standard InChI is InChI=1S/C39H32N4O3S/c1-39(31-11-7-4-8-12-31)36(35(26-42)38(46-39)30(24-40)25-41)20-19-34-18-17-33(47-34)16-14-29-13-15-32(43(2)21-22-44)23-37(29)45-27-28-9-5-3-6-10-28/h3-20,23,44H,21-22,27H2,1-2H3/b16-14+,20-19+. The van der Waals surface area contributed by atoms with Crippen LogP contribution in [0, 0.1) is 34.0 Å². The second-order valence-electron chi connectivity index (χ2n) is 10.9. The Morgan fingerprint density at radius 1 is 0.894 bits per heavy atom. The highest BCUT2D eigenvalue weighted by Gasteiger charge is 2.43. The summed E-state index contributed by atoms with van der Waals surface area (Å²) in [5, 5.41) is 38.6. The van der Waals surface area contributed by atoms with Crippen molar-refractivity contribution in [2.75, 3.05) is 25.1 Å². The van der Waals surface area contributed by atoms with Gasteiger partial charge < -0.3 is 19.5 Å². The Bertz CT molecular complexity index is 1970. The van der Waals surface area contributed by atoms with Crippen molar-refractivity contribution in [2.45, 2.75) is 19.1 Å². The summed E-state index contributed by atoms with van der Waals surface area (Å²) in [5.74, 6) is 0.733. The lowest BCUT2D eigenvalue weighted by atomic mass is 9.86. The lowest BCUT2D eigenvalue weighted by Crippen LogP contribution is -2.23.